The van der Waals surface area contributed by atoms with Crippen molar-refractivity contribution >= 4 is 58.7 Å². The molecule has 0 aliphatic carbocycles. The van der Waals surface area contributed by atoms with Gasteiger partial charge in [0.2, 0.25) is 5.91 Å². The Morgan fingerprint density at radius 1 is 1.10 bits per heavy atom. The Labute approximate surface area is 195 Å². The molecule has 0 aliphatic rings. The zero-order valence-corrected chi connectivity index (χ0v) is 19.5. The number of thioether (sulfide) groups is 1. The quantitative estimate of drug-likeness (QED) is 0.312. The molecule has 1 N–H and O–H groups in total. The van der Waals surface area contributed by atoms with Crippen LogP contribution in [0.1, 0.15) is 22.5 Å². The van der Waals surface area contributed by atoms with Crippen LogP contribution in [0, 0.1) is 13.8 Å². The lowest BCUT2D eigenvalue weighted by Gasteiger charge is -2.12. The van der Waals surface area contributed by atoms with Gasteiger partial charge in [-0.2, -0.15) is 5.10 Å². The van der Waals surface area contributed by atoms with Gasteiger partial charge in [-0.3, -0.25) is 4.79 Å². The molecule has 0 atom stereocenters. The SMILES string of the molecule is Cc1cc(/C=N\NC(=O)CSCc2cccc(Cl)c2)c(C)n1-c1cc(Cl)ccc1Cl. The summed E-state index contributed by atoms with van der Waals surface area (Å²) in [6.45, 7) is 3.95. The zero-order valence-electron chi connectivity index (χ0n) is 16.5. The van der Waals surface area contributed by atoms with Crippen LogP contribution in [0.5, 0.6) is 0 Å². The molecule has 0 fully saturated rings. The third kappa shape index (κ3) is 5.82. The van der Waals surface area contributed by atoms with Gasteiger partial charge in [0.1, 0.15) is 0 Å². The fraction of sp³-hybridized carbons (Fsp3) is 0.182. The maximum Gasteiger partial charge on any atom is 0.250 e. The first-order valence-electron chi connectivity index (χ1n) is 9.13. The number of rotatable bonds is 7. The molecule has 3 aromatic rings. The number of carbonyl (C=O) groups excluding carboxylic acids is 1. The van der Waals surface area contributed by atoms with Gasteiger partial charge in [0.25, 0.3) is 0 Å². The van der Waals surface area contributed by atoms with Crippen molar-refractivity contribution in [1.29, 1.82) is 0 Å². The van der Waals surface area contributed by atoms with Crippen molar-refractivity contribution in [1.82, 2.24) is 9.99 Å². The predicted molar refractivity (Wildman–Crippen MR) is 129 cm³/mol. The first-order valence-corrected chi connectivity index (χ1v) is 11.4. The number of hydrogen-bond acceptors (Lipinski definition) is 3. The fourth-order valence-electron chi connectivity index (χ4n) is 3.04. The average Bonchev–Trinajstić information content (AvgIpc) is 2.97. The van der Waals surface area contributed by atoms with Gasteiger partial charge in [-0.15, -0.1) is 11.8 Å². The minimum absolute atomic E-state index is 0.162. The number of nitrogens with one attached hydrogen (secondary N) is 1. The monoisotopic (exact) mass is 479 g/mol. The number of hydrazone groups is 1. The summed E-state index contributed by atoms with van der Waals surface area (Å²) in [7, 11) is 0. The topological polar surface area (TPSA) is 46.4 Å². The molecule has 30 heavy (non-hydrogen) atoms. The summed E-state index contributed by atoms with van der Waals surface area (Å²) in [6, 6.07) is 14.9. The van der Waals surface area contributed by atoms with Gasteiger partial charge in [-0.05, 0) is 55.8 Å². The average molecular weight is 481 g/mol. The lowest BCUT2D eigenvalue weighted by Crippen LogP contribution is -2.19. The number of aromatic nitrogens is 1. The highest BCUT2D eigenvalue weighted by Gasteiger charge is 2.12. The lowest BCUT2D eigenvalue weighted by molar-refractivity contribution is -0.118. The van der Waals surface area contributed by atoms with E-state index in [0.29, 0.717) is 26.6 Å². The van der Waals surface area contributed by atoms with Gasteiger partial charge >= 0.3 is 0 Å². The minimum atomic E-state index is -0.162. The van der Waals surface area contributed by atoms with E-state index in [1.165, 1.54) is 11.8 Å². The Morgan fingerprint density at radius 3 is 2.63 bits per heavy atom. The van der Waals surface area contributed by atoms with Crippen molar-refractivity contribution in [3.8, 4) is 5.69 Å². The van der Waals surface area contributed by atoms with E-state index in [-0.39, 0.29) is 5.91 Å². The highest BCUT2D eigenvalue weighted by Crippen LogP contribution is 2.28. The maximum atomic E-state index is 12.0. The van der Waals surface area contributed by atoms with Gasteiger partial charge in [0, 0.05) is 32.7 Å². The van der Waals surface area contributed by atoms with E-state index in [1.807, 2.05) is 54.8 Å². The molecule has 0 spiro atoms. The van der Waals surface area contributed by atoms with Crippen molar-refractivity contribution in [2.45, 2.75) is 19.6 Å². The molecule has 0 radical (unpaired) electrons. The van der Waals surface area contributed by atoms with Crippen LogP contribution in [0.25, 0.3) is 5.69 Å². The van der Waals surface area contributed by atoms with Gasteiger partial charge in [-0.25, -0.2) is 5.43 Å². The van der Waals surface area contributed by atoms with E-state index in [2.05, 4.69) is 10.5 Å². The summed E-state index contributed by atoms with van der Waals surface area (Å²) in [6.07, 6.45) is 1.64. The van der Waals surface area contributed by atoms with Gasteiger partial charge < -0.3 is 4.57 Å². The summed E-state index contributed by atoms with van der Waals surface area (Å²) in [5, 5.41) is 6.01. The Kier molecular flexibility index (Phi) is 7.89. The first-order chi connectivity index (χ1) is 14.3. The third-order valence-electron chi connectivity index (χ3n) is 4.40. The molecule has 8 heteroatoms. The highest BCUT2D eigenvalue weighted by atomic mass is 35.5. The summed E-state index contributed by atoms with van der Waals surface area (Å²) in [4.78, 5) is 12.0. The summed E-state index contributed by atoms with van der Waals surface area (Å²) < 4.78 is 2.01. The standard InChI is InChI=1S/C22H20Cl3N3OS/c1-14-8-17(15(2)28(14)21-10-19(24)6-7-20(21)25)11-26-27-22(29)13-30-12-16-4-3-5-18(23)9-16/h3-11H,12-13H2,1-2H3,(H,27,29)/b26-11-. The predicted octanol–water partition coefficient (Wildman–Crippen LogP) is 6.44. The Bertz CT molecular complexity index is 1100. The zero-order chi connectivity index (χ0) is 21.7. The van der Waals surface area contributed by atoms with Crippen LogP contribution in [0.4, 0.5) is 0 Å². The van der Waals surface area contributed by atoms with Crippen molar-refractivity contribution in [2.24, 2.45) is 5.10 Å². The molecule has 0 bridgehead atoms. The molecule has 3 rings (SSSR count). The normalized spacial score (nSPS) is 11.2. The number of aryl methyl sites for hydroxylation is 1. The van der Waals surface area contributed by atoms with Crippen LogP contribution in [-0.4, -0.2) is 22.4 Å². The first kappa shape index (κ1) is 22.8. The van der Waals surface area contributed by atoms with E-state index in [9.17, 15) is 4.79 Å². The third-order valence-corrected chi connectivity index (χ3v) is 6.20. The smallest absolute Gasteiger partial charge is 0.250 e. The largest absolute Gasteiger partial charge is 0.316 e. The molecule has 0 saturated heterocycles. The Hall–Kier alpha value is -1.92. The van der Waals surface area contributed by atoms with E-state index >= 15 is 0 Å². The van der Waals surface area contributed by atoms with Crippen LogP contribution >= 0.6 is 46.6 Å². The summed E-state index contributed by atoms with van der Waals surface area (Å²) >= 11 is 20.0. The molecule has 2 aromatic carbocycles. The Balaban J connectivity index is 1.60. The van der Waals surface area contributed by atoms with Gasteiger partial charge in [0.05, 0.1) is 22.7 Å². The molecule has 1 aromatic heterocycles. The molecule has 1 amide bonds. The number of amides is 1. The second-order valence-corrected chi connectivity index (χ2v) is 8.94. The second kappa shape index (κ2) is 10.4. The molecular weight excluding hydrogens is 461 g/mol. The number of nitrogens with zero attached hydrogens (tertiary/aromatic N) is 2. The van der Waals surface area contributed by atoms with Crippen LogP contribution in [0.3, 0.4) is 0 Å². The van der Waals surface area contributed by atoms with E-state index in [1.54, 1.807) is 18.3 Å². The van der Waals surface area contributed by atoms with Gasteiger partial charge in [-0.1, -0.05) is 46.9 Å². The second-order valence-electron chi connectivity index (χ2n) is 6.67. The summed E-state index contributed by atoms with van der Waals surface area (Å²) in [5.74, 6) is 0.852. The number of carbonyl (C=O) groups is 1. The van der Waals surface area contributed by atoms with Crippen LogP contribution < -0.4 is 5.43 Å². The van der Waals surface area contributed by atoms with Gasteiger partial charge in [0.15, 0.2) is 0 Å². The van der Waals surface area contributed by atoms with E-state index in [0.717, 1.165) is 28.2 Å². The van der Waals surface area contributed by atoms with Crippen molar-refractivity contribution in [3.63, 3.8) is 0 Å². The molecule has 4 nitrogen and oxygen atoms in total. The molecular formula is C22H20Cl3N3OS. The van der Waals surface area contributed by atoms with Crippen molar-refractivity contribution < 1.29 is 4.79 Å². The molecule has 0 unspecified atom stereocenters. The highest BCUT2D eigenvalue weighted by molar-refractivity contribution is 7.99. The number of halogens is 3. The van der Waals surface area contributed by atoms with Crippen LogP contribution in [-0.2, 0) is 10.5 Å². The van der Waals surface area contributed by atoms with Crippen LogP contribution in [0.15, 0.2) is 53.6 Å². The van der Waals surface area contributed by atoms with Crippen molar-refractivity contribution in [2.75, 3.05) is 5.75 Å². The molecule has 0 aliphatic heterocycles. The molecule has 1 heterocycles. The number of hydrogen-bond donors (Lipinski definition) is 1. The summed E-state index contributed by atoms with van der Waals surface area (Å²) in [5.41, 5.74) is 7.28. The Morgan fingerprint density at radius 2 is 1.87 bits per heavy atom. The fourth-order valence-corrected chi connectivity index (χ4v) is 4.39. The van der Waals surface area contributed by atoms with Crippen LogP contribution in [0.2, 0.25) is 15.1 Å². The van der Waals surface area contributed by atoms with Crippen molar-refractivity contribution in [3.05, 3.63) is 86.1 Å². The van der Waals surface area contributed by atoms with E-state index in [4.69, 9.17) is 34.8 Å². The minimum Gasteiger partial charge on any atom is -0.316 e. The van der Waals surface area contributed by atoms with E-state index < -0.39 is 0 Å². The molecule has 156 valence electrons. The molecule has 0 saturated carbocycles. The maximum absolute atomic E-state index is 12.0. The number of benzene rings is 2. The lowest BCUT2D eigenvalue weighted by atomic mass is 10.2.